The Kier molecular flexibility index (Phi) is 4.96. The molecule has 3 aliphatic rings. The van der Waals surface area contributed by atoms with Gasteiger partial charge in [-0.25, -0.2) is 4.79 Å². The molecule has 6 nitrogen and oxygen atoms in total. The summed E-state index contributed by atoms with van der Waals surface area (Å²) in [5.41, 5.74) is 4.26. The number of benzene rings is 1. The van der Waals surface area contributed by atoms with E-state index in [1.807, 2.05) is 13.0 Å². The van der Waals surface area contributed by atoms with Gasteiger partial charge in [-0.05, 0) is 74.4 Å². The number of amides is 4. The maximum Gasteiger partial charge on any atom is 0.331 e. The first-order valence-corrected chi connectivity index (χ1v) is 10.2. The van der Waals surface area contributed by atoms with E-state index in [1.54, 1.807) is 6.08 Å². The number of nitrogens with zero attached hydrogens (tertiary/aromatic N) is 2. The Morgan fingerprint density at radius 2 is 1.64 bits per heavy atom. The van der Waals surface area contributed by atoms with Gasteiger partial charge in [-0.1, -0.05) is 12.8 Å². The lowest BCUT2D eigenvalue weighted by molar-refractivity contribution is -0.131. The molecular formula is C22H27N3O3. The van der Waals surface area contributed by atoms with E-state index in [4.69, 9.17) is 0 Å². The quantitative estimate of drug-likeness (QED) is 0.644. The van der Waals surface area contributed by atoms with E-state index in [2.05, 4.69) is 23.2 Å². The van der Waals surface area contributed by atoms with Gasteiger partial charge >= 0.3 is 6.03 Å². The molecular weight excluding hydrogens is 354 g/mol. The van der Waals surface area contributed by atoms with E-state index in [0.717, 1.165) is 55.5 Å². The fourth-order valence-electron chi connectivity index (χ4n) is 4.60. The fraction of sp³-hybridized carbons (Fsp3) is 0.500. The Balaban J connectivity index is 1.66. The highest BCUT2D eigenvalue weighted by Crippen LogP contribution is 2.30. The first kappa shape index (κ1) is 18.7. The molecule has 1 aromatic rings. The van der Waals surface area contributed by atoms with Crippen LogP contribution in [0.25, 0.3) is 6.08 Å². The van der Waals surface area contributed by atoms with Gasteiger partial charge in [0.05, 0.1) is 0 Å². The topological polar surface area (TPSA) is 69.7 Å². The summed E-state index contributed by atoms with van der Waals surface area (Å²) in [4.78, 5) is 41.3. The highest BCUT2D eigenvalue weighted by molar-refractivity contribution is 6.31. The molecule has 0 spiro atoms. The largest absolute Gasteiger partial charge is 0.371 e. The molecule has 0 bridgehead atoms. The highest BCUT2D eigenvalue weighted by atomic mass is 16.2. The minimum absolute atomic E-state index is 0.0444. The van der Waals surface area contributed by atoms with E-state index < -0.39 is 17.8 Å². The molecule has 0 aromatic heterocycles. The SMILES string of the molecule is Cc1cc(N2CCCC2)c(C)cc1/C=C1\C(=O)NC(=O)N(C2CCCC2)C1=O. The molecule has 2 saturated heterocycles. The van der Waals surface area contributed by atoms with E-state index in [1.165, 1.54) is 23.4 Å². The third-order valence-corrected chi connectivity index (χ3v) is 6.15. The van der Waals surface area contributed by atoms with Crippen molar-refractivity contribution in [1.82, 2.24) is 10.2 Å². The predicted octanol–water partition coefficient (Wildman–Crippen LogP) is 3.31. The smallest absolute Gasteiger partial charge is 0.331 e. The van der Waals surface area contributed by atoms with Crippen molar-refractivity contribution in [3.8, 4) is 0 Å². The van der Waals surface area contributed by atoms with Crippen LogP contribution in [0.1, 0.15) is 55.2 Å². The van der Waals surface area contributed by atoms with Crippen LogP contribution in [-0.2, 0) is 9.59 Å². The molecule has 1 N–H and O–H groups in total. The molecule has 2 heterocycles. The van der Waals surface area contributed by atoms with Crippen molar-refractivity contribution >= 4 is 29.6 Å². The van der Waals surface area contributed by atoms with Crippen LogP contribution >= 0.6 is 0 Å². The summed E-state index contributed by atoms with van der Waals surface area (Å²) in [6.07, 6.45) is 7.69. The average Bonchev–Trinajstić information content (AvgIpc) is 3.34. The third-order valence-electron chi connectivity index (χ3n) is 6.15. The first-order chi connectivity index (χ1) is 13.5. The molecule has 2 aliphatic heterocycles. The van der Waals surface area contributed by atoms with Crippen molar-refractivity contribution in [3.05, 3.63) is 34.4 Å². The van der Waals surface area contributed by atoms with Gasteiger partial charge in [0, 0.05) is 24.8 Å². The van der Waals surface area contributed by atoms with Crippen LogP contribution in [0, 0.1) is 13.8 Å². The Hall–Kier alpha value is -2.63. The fourth-order valence-corrected chi connectivity index (χ4v) is 4.60. The lowest BCUT2D eigenvalue weighted by Gasteiger charge is -2.31. The number of rotatable bonds is 3. The van der Waals surface area contributed by atoms with Gasteiger partial charge in [0.25, 0.3) is 11.8 Å². The first-order valence-electron chi connectivity index (χ1n) is 10.2. The number of carbonyl (C=O) groups excluding carboxylic acids is 3. The summed E-state index contributed by atoms with van der Waals surface area (Å²) in [6.45, 7) is 6.20. The Labute approximate surface area is 165 Å². The van der Waals surface area contributed by atoms with E-state index in [9.17, 15) is 14.4 Å². The van der Waals surface area contributed by atoms with Crippen LogP contribution in [0.15, 0.2) is 17.7 Å². The summed E-state index contributed by atoms with van der Waals surface area (Å²) in [5, 5.41) is 2.35. The summed E-state index contributed by atoms with van der Waals surface area (Å²) in [5.74, 6) is -1.08. The molecule has 0 unspecified atom stereocenters. The molecule has 1 aromatic carbocycles. The highest BCUT2D eigenvalue weighted by Gasteiger charge is 2.40. The van der Waals surface area contributed by atoms with Crippen molar-refractivity contribution in [2.75, 3.05) is 18.0 Å². The van der Waals surface area contributed by atoms with Gasteiger partial charge in [0.1, 0.15) is 5.57 Å². The molecule has 1 saturated carbocycles. The number of barbiturate groups is 1. The lowest BCUT2D eigenvalue weighted by atomic mass is 9.99. The minimum atomic E-state index is -0.607. The maximum atomic E-state index is 13.0. The summed E-state index contributed by atoms with van der Waals surface area (Å²) >= 11 is 0. The zero-order chi connectivity index (χ0) is 19.8. The molecule has 0 radical (unpaired) electrons. The van der Waals surface area contributed by atoms with Crippen LogP contribution in [-0.4, -0.2) is 41.9 Å². The second kappa shape index (κ2) is 7.41. The molecule has 4 rings (SSSR count). The summed E-state index contributed by atoms with van der Waals surface area (Å²) in [6, 6.07) is 3.48. The molecule has 6 heteroatoms. The van der Waals surface area contributed by atoms with Crippen molar-refractivity contribution in [2.45, 2.75) is 58.4 Å². The molecule has 28 heavy (non-hydrogen) atoms. The number of urea groups is 1. The second-order valence-corrected chi connectivity index (χ2v) is 8.12. The third kappa shape index (κ3) is 3.32. The zero-order valence-corrected chi connectivity index (χ0v) is 16.6. The normalized spacial score (nSPS) is 22.5. The number of carbonyl (C=O) groups is 3. The van der Waals surface area contributed by atoms with Crippen LogP contribution in [0.2, 0.25) is 0 Å². The molecule has 3 fully saturated rings. The number of imide groups is 2. The Morgan fingerprint density at radius 3 is 2.32 bits per heavy atom. The van der Waals surface area contributed by atoms with Crippen LogP contribution in [0.5, 0.6) is 0 Å². The monoisotopic (exact) mass is 381 g/mol. The number of aryl methyl sites for hydroxylation is 2. The predicted molar refractivity (Wildman–Crippen MR) is 108 cm³/mol. The van der Waals surface area contributed by atoms with E-state index in [-0.39, 0.29) is 11.6 Å². The van der Waals surface area contributed by atoms with Gasteiger partial charge in [0.2, 0.25) is 0 Å². The summed E-state index contributed by atoms with van der Waals surface area (Å²) < 4.78 is 0. The van der Waals surface area contributed by atoms with Crippen molar-refractivity contribution < 1.29 is 14.4 Å². The molecule has 4 amide bonds. The lowest BCUT2D eigenvalue weighted by Crippen LogP contribution is -2.57. The zero-order valence-electron chi connectivity index (χ0n) is 16.6. The van der Waals surface area contributed by atoms with E-state index in [0.29, 0.717) is 0 Å². The molecule has 1 aliphatic carbocycles. The number of anilines is 1. The number of hydrogen-bond acceptors (Lipinski definition) is 4. The van der Waals surface area contributed by atoms with Crippen molar-refractivity contribution in [1.29, 1.82) is 0 Å². The van der Waals surface area contributed by atoms with Gasteiger partial charge in [-0.3, -0.25) is 19.8 Å². The van der Waals surface area contributed by atoms with Crippen LogP contribution < -0.4 is 10.2 Å². The standard InChI is InChI=1S/C22H27N3O3/c1-14-12-19(24-9-5-6-10-24)15(2)11-16(14)13-18-20(26)23-22(28)25(21(18)27)17-7-3-4-8-17/h11-13,17H,3-10H2,1-2H3,(H,23,26,28)/b18-13+. The van der Waals surface area contributed by atoms with Gasteiger partial charge in [-0.15, -0.1) is 0 Å². The minimum Gasteiger partial charge on any atom is -0.371 e. The van der Waals surface area contributed by atoms with Gasteiger partial charge in [-0.2, -0.15) is 0 Å². The number of hydrogen-bond donors (Lipinski definition) is 1. The maximum absolute atomic E-state index is 13.0. The van der Waals surface area contributed by atoms with Gasteiger partial charge < -0.3 is 4.90 Å². The average molecular weight is 381 g/mol. The molecule has 148 valence electrons. The van der Waals surface area contributed by atoms with E-state index >= 15 is 0 Å². The van der Waals surface area contributed by atoms with Crippen LogP contribution in [0.3, 0.4) is 0 Å². The van der Waals surface area contributed by atoms with Crippen molar-refractivity contribution in [3.63, 3.8) is 0 Å². The Morgan fingerprint density at radius 1 is 0.964 bits per heavy atom. The van der Waals surface area contributed by atoms with Crippen LogP contribution in [0.4, 0.5) is 10.5 Å². The molecule has 0 atom stereocenters. The van der Waals surface area contributed by atoms with Gasteiger partial charge in [0.15, 0.2) is 0 Å². The van der Waals surface area contributed by atoms with Crippen molar-refractivity contribution in [2.24, 2.45) is 0 Å². The second-order valence-electron chi connectivity index (χ2n) is 8.12. The Bertz CT molecular complexity index is 862. The summed E-state index contributed by atoms with van der Waals surface area (Å²) in [7, 11) is 0. The number of nitrogens with one attached hydrogen (secondary N) is 1.